The van der Waals surface area contributed by atoms with Crippen molar-refractivity contribution >= 4 is 33.6 Å². The van der Waals surface area contributed by atoms with E-state index in [9.17, 15) is 9.59 Å². The van der Waals surface area contributed by atoms with Gasteiger partial charge in [0.15, 0.2) is 0 Å². The van der Waals surface area contributed by atoms with Crippen molar-refractivity contribution in [3.63, 3.8) is 0 Å². The highest BCUT2D eigenvalue weighted by atomic mass is 16.5. The summed E-state index contributed by atoms with van der Waals surface area (Å²) in [6, 6.07) is 16.6. The largest absolute Gasteiger partial charge is 0.494 e. The minimum absolute atomic E-state index is 0.340. The molecule has 0 radical (unpaired) electrons. The number of nitrogens with zero attached hydrogens (tertiary/aromatic N) is 6. The maximum absolute atomic E-state index is 13.1. The first-order valence-electron chi connectivity index (χ1n) is 21.9. The first-order valence-corrected chi connectivity index (χ1v) is 21.9. The summed E-state index contributed by atoms with van der Waals surface area (Å²) < 4.78 is 11.0. The van der Waals surface area contributed by atoms with E-state index < -0.39 is 0 Å². The molecule has 10 heteroatoms. The first-order chi connectivity index (χ1) is 28.1. The summed E-state index contributed by atoms with van der Waals surface area (Å²) in [5.74, 6) is 5.08. The van der Waals surface area contributed by atoms with Crippen LogP contribution in [0.3, 0.4) is 0 Å². The third-order valence-electron chi connectivity index (χ3n) is 13.5. The van der Waals surface area contributed by atoms with E-state index in [1.54, 1.807) is 14.2 Å². The number of hydrogen-bond donors (Lipinski definition) is 0. The lowest BCUT2D eigenvalue weighted by Gasteiger charge is -2.38. The number of fused-ring (bicyclic) bond motifs is 2. The van der Waals surface area contributed by atoms with E-state index in [-0.39, 0.29) is 0 Å². The predicted octanol–water partition coefficient (Wildman–Crippen LogP) is 7.85. The average Bonchev–Trinajstić information content (AvgIpc) is 3.24. The number of hydrogen-bond acceptors (Lipinski definition) is 8. The number of methoxy groups -OCH3 is 2. The molecular weight excluding hydrogens is 725 g/mol. The fourth-order valence-electron chi connectivity index (χ4n) is 10.2. The van der Waals surface area contributed by atoms with Crippen molar-refractivity contribution < 1.29 is 19.1 Å². The van der Waals surface area contributed by atoms with Crippen LogP contribution >= 0.6 is 0 Å². The van der Waals surface area contributed by atoms with E-state index in [1.807, 2.05) is 36.7 Å². The fraction of sp³-hybridized carbons (Fsp3) is 0.583. The number of pyridine rings is 2. The van der Waals surface area contributed by atoms with E-state index in [1.165, 1.54) is 11.1 Å². The van der Waals surface area contributed by atoms with E-state index in [0.717, 1.165) is 124 Å². The maximum Gasteiger partial charge on any atom is 0.222 e. The molecule has 4 aliphatic heterocycles. The molecule has 0 N–H and O–H groups in total. The lowest BCUT2D eigenvalue weighted by atomic mass is 9.83. The Kier molecular flexibility index (Phi) is 13.9. The molecule has 10 nitrogen and oxygen atoms in total. The Balaban J connectivity index is 0.000000177. The number of likely N-dealkylation sites (tertiary alicyclic amines) is 4. The van der Waals surface area contributed by atoms with Crippen molar-refractivity contribution in [3.05, 3.63) is 72.1 Å². The van der Waals surface area contributed by atoms with Crippen LogP contribution in [0.25, 0.3) is 21.8 Å². The van der Waals surface area contributed by atoms with Crippen molar-refractivity contribution in [3.8, 4) is 11.5 Å². The standard InChI is InChI=1S/2C24H33N3O2/c2*1-17-13-19(20-6-7-22(29-3)24-21(20)5-4-10-25-24)16-27(15-17)23(28)14-18-8-11-26(2)12-9-18/h2*4-7,10,17-19H,8-9,11-16H2,1-3H3/t17-,19+;17-,19-/m11/s1. The molecule has 2 aromatic carbocycles. The summed E-state index contributed by atoms with van der Waals surface area (Å²) in [5, 5.41) is 2.29. The summed E-state index contributed by atoms with van der Waals surface area (Å²) in [5.41, 5.74) is 4.40. The summed E-state index contributed by atoms with van der Waals surface area (Å²) in [6.07, 6.45) is 11.8. The lowest BCUT2D eigenvalue weighted by Crippen LogP contribution is -2.43. The van der Waals surface area contributed by atoms with Crippen LogP contribution in [-0.2, 0) is 9.59 Å². The fourth-order valence-corrected chi connectivity index (χ4v) is 10.2. The zero-order valence-corrected chi connectivity index (χ0v) is 35.9. The van der Waals surface area contributed by atoms with Crippen LogP contribution in [0.2, 0.25) is 0 Å². The van der Waals surface area contributed by atoms with Crippen molar-refractivity contribution in [2.45, 2.75) is 77.0 Å². The number of carbonyl (C=O) groups is 2. The quantitative estimate of drug-likeness (QED) is 0.178. The molecule has 4 saturated heterocycles. The van der Waals surface area contributed by atoms with Crippen molar-refractivity contribution in [1.29, 1.82) is 0 Å². The van der Waals surface area contributed by atoms with Gasteiger partial charge in [0.05, 0.1) is 14.2 Å². The minimum atomic E-state index is 0.340. The van der Waals surface area contributed by atoms with Gasteiger partial charge in [0.2, 0.25) is 11.8 Å². The van der Waals surface area contributed by atoms with Gasteiger partial charge in [-0.1, -0.05) is 38.1 Å². The van der Waals surface area contributed by atoms with E-state index in [4.69, 9.17) is 9.47 Å². The lowest BCUT2D eigenvalue weighted by molar-refractivity contribution is -0.135. The number of ether oxygens (including phenoxy) is 2. The van der Waals surface area contributed by atoms with Crippen molar-refractivity contribution in [2.24, 2.45) is 23.7 Å². The smallest absolute Gasteiger partial charge is 0.222 e. The minimum Gasteiger partial charge on any atom is -0.494 e. The molecule has 0 saturated carbocycles. The molecule has 2 aromatic heterocycles. The molecule has 2 amide bonds. The summed E-state index contributed by atoms with van der Waals surface area (Å²) in [7, 11) is 7.72. The molecule has 312 valence electrons. The molecular formula is C48H66N6O4. The van der Waals surface area contributed by atoms with Gasteiger partial charge in [0.25, 0.3) is 0 Å². The molecule has 0 aliphatic carbocycles. The number of piperidine rings is 4. The maximum atomic E-state index is 13.1. The van der Waals surface area contributed by atoms with Crippen LogP contribution in [0.1, 0.15) is 88.2 Å². The molecule has 0 spiro atoms. The second-order valence-corrected chi connectivity index (χ2v) is 18.1. The van der Waals surface area contributed by atoms with Gasteiger partial charge in [-0.15, -0.1) is 0 Å². The molecule has 0 bridgehead atoms. The summed E-state index contributed by atoms with van der Waals surface area (Å²) >= 11 is 0. The van der Waals surface area contributed by atoms with Gasteiger partial charge in [-0.3, -0.25) is 19.6 Å². The monoisotopic (exact) mass is 791 g/mol. The van der Waals surface area contributed by atoms with E-state index >= 15 is 0 Å². The van der Waals surface area contributed by atoms with Gasteiger partial charge in [0, 0.05) is 74.0 Å². The number of amides is 2. The number of rotatable bonds is 8. The Hall–Kier alpha value is -4.28. The van der Waals surface area contributed by atoms with Gasteiger partial charge in [-0.25, -0.2) is 0 Å². The third-order valence-corrected chi connectivity index (χ3v) is 13.5. The highest BCUT2D eigenvalue weighted by Crippen LogP contribution is 2.39. The molecule has 0 unspecified atom stereocenters. The Bertz CT molecular complexity index is 1860. The van der Waals surface area contributed by atoms with Crippen LogP contribution in [-0.4, -0.2) is 122 Å². The topological polar surface area (TPSA) is 91.3 Å². The van der Waals surface area contributed by atoms with Gasteiger partial charge >= 0.3 is 0 Å². The van der Waals surface area contributed by atoms with E-state index in [2.05, 4.69) is 81.8 Å². The Morgan fingerprint density at radius 2 is 1.00 bits per heavy atom. The van der Waals surface area contributed by atoms with Crippen LogP contribution in [0.4, 0.5) is 0 Å². The summed E-state index contributed by atoms with van der Waals surface area (Å²) in [6.45, 7) is 12.4. The number of aromatic nitrogens is 2. The molecule has 4 aromatic rings. The van der Waals surface area contributed by atoms with Crippen LogP contribution in [0.5, 0.6) is 11.5 Å². The Morgan fingerprint density at radius 3 is 1.38 bits per heavy atom. The van der Waals surface area contributed by atoms with Gasteiger partial charge in [-0.2, -0.15) is 0 Å². The molecule has 4 fully saturated rings. The average molecular weight is 791 g/mol. The second-order valence-electron chi connectivity index (χ2n) is 18.1. The number of carbonyl (C=O) groups excluding carboxylic acids is 2. The van der Waals surface area contributed by atoms with Crippen LogP contribution in [0.15, 0.2) is 60.9 Å². The van der Waals surface area contributed by atoms with Gasteiger partial charge in [-0.05, 0) is 138 Å². The normalized spacial score (nSPS) is 24.0. The second kappa shape index (κ2) is 19.2. The highest BCUT2D eigenvalue weighted by molar-refractivity contribution is 5.89. The van der Waals surface area contributed by atoms with Gasteiger partial charge < -0.3 is 29.1 Å². The third kappa shape index (κ3) is 9.94. The molecule has 58 heavy (non-hydrogen) atoms. The van der Waals surface area contributed by atoms with E-state index in [0.29, 0.717) is 60.2 Å². The van der Waals surface area contributed by atoms with Crippen molar-refractivity contribution in [1.82, 2.24) is 29.6 Å². The zero-order valence-electron chi connectivity index (χ0n) is 35.9. The Labute approximate surface area is 346 Å². The highest BCUT2D eigenvalue weighted by Gasteiger charge is 2.33. The first kappa shape index (κ1) is 41.9. The number of benzene rings is 2. The zero-order chi connectivity index (χ0) is 40.8. The Morgan fingerprint density at radius 1 is 0.603 bits per heavy atom. The van der Waals surface area contributed by atoms with Crippen molar-refractivity contribution in [2.75, 3.05) is 80.7 Å². The van der Waals surface area contributed by atoms with Crippen LogP contribution < -0.4 is 9.47 Å². The molecule has 4 aliphatic rings. The predicted molar refractivity (Wildman–Crippen MR) is 232 cm³/mol. The van der Waals surface area contributed by atoms with Gasteiger partial charge in [0.1, 0.15) is 22.5 Å². The summed E-state index contributed by atoms with van der Waals surface area (Å²) in [4.78, 5) is 44.3. The SMILES string of the molecule is COc1ccc([C@@H]2C[C@@H](C)CN(C(=O)CC3CCN(C)CC3)C2)c2cccnc12.COc1ccc([C@H]2C[C@@H](C)CN(C(=O)CC3CCN(C)CC3)C2)c2cccnc12. The molecule has 6 heterocycles. The molecule has 4 atom stereocenters. The van der Waals surface area contributed by atoms with Crippen LogP contribution in [0, 0.1) is 23.7 Å². The molecule has 8 rings (SSSR count).